The van der Waals surface area contributed by atoms with Crippen LogP contribution < -0.4 is 0 Å². The molecule has 9 aliphatic rings. The summed E-state index contributed by atoms with van der Waals surface area (Å²) in [6.07, 6.45) is 10.7. The van der Waals surface area contributed by atoms with Crippen molar-refractivity contribution < 1.29 is 0 Å². The molecule has 9 rings (SSSR count). The lowest BCUT2D eigenvalue weighted by Crippen LogP contribution is -2.20. The molecule has 28 heavy (non-hydrogen) atoms. The Morgan fingerprint density at radius 3 is 1.25 bits per heavy atom. The molecule has 1 aliphatic carbocycles. The first kappa shape index (κ1) is 17.5. The van der Waals surface area contributed by atoms with Crippen LogP contribution in [0.25, 0.3) is 0 Å². The maximum absolute atomic E-state index is 4.43. The van der Waals surface area contributed by atoms with Crippen molar-refractivity contribution in [3.63, 3.8) is 0 Å². The van der Waals surface area contributed by atoms with Gasteiger partial charge in [-0.2, -0.15) is 0 Å². The highest BCUT2D eigenvalue weighted by atomic mass is 28.4. The fraction of sp³-hybridized carbons (Fsp3) is 0.760. The Bertz CT molecular complexity index is 866. The average molecular weight is 423 g/mol. The predicted molar refractivity (Wildman–Crippen MR) is 128 cm³/mol. The predicted octanol–water partition coefficient (Wildman–Crippen LogP) is 7.84. The number of hydrogen-bond donors (Lipinski definition) is 0. The lowest BCUT2D eigenvalue weighted by atomic mass is 9.89. The van der Waals surface area contributed by atoms with Gasteiger partial charge >= 0.3 is 0 Å². The van der Waals surface area contributed by atoms with Gasteiger partial charge < -0.3 is 0 Å². The van der Waals surface area contributed by atoms with Crippen molar-refractivity contribution in [3.05, 3.63) is 36.8 Å². The van der Waals surface area contributed by atoms with E-state index < -0.39 is 24.2 Å². The van der Waals surface area contributed by atoms with E-state index in [1.54, 1.807) is 12.8 Å². The van der Waals surface area contributed by atoms with E-state index in [0.717, 1.165) is 48.4 Å². The highest BCUT2D eigenvalue weighted by molar-refractivity contribution is 7.18. The zero-order valence-corrected chi connectivity index (χ0v) is 21.3. The summed E-state index contributed by atoms with van der Waals surface area (Å²) in [5.74, 6) is 0. The van der Waals surface area contributed by atoms with Crippen molar-refractivity contribution in [2.45, 2.75) is 114 Å². The molecule has 8 aliphatic heterocycles. The van der Waals surface area contributed by atoms with E-state index >= 15 is 0 Å². The Morgan fingerprint density at radius 1 is 0.571 bits per heavy atom. The fourth-order valence-electron chi connectivity index (χ4n) is 11.8. The van der Waals surface area contributed by atoms with Crippen molar-refractivity contribution in [2.24, 2.45) is 0 Å². The zero-order chi connectivity index (χ0) is 19.5. The molecule has 0 spiro atoms. The first-order valence-corrected chi connectivity index (χ1v) is 19.0. The van der Waals surface area contributed by atoms with Crippen molar-refractivity contribution in [3.8, 4) is 0 Å². The summed E-state index contributed by atoms with van der Waals surface area (Å²) < 4.78 is 0. The van der Waals surface area contributed by atoms with Crippen molar-refractivity contribution in [2.75, 3.05) is 0 Å². The quantitative estimate of drug-likeness (QED) is 0.406. The zero-order valence-electron chi connectivity index (χ0n) is 18.3. The van der Waals surface area contributed by atoms with Gasteiger partial charge in [0.2, 0.25) is 0 Å². The molecule has 0 amide bonds. The van der Waals surface area contributed by atoms with E-state index in [-0.39, 0.29) is 0 Å². The highest BCUT2D eigenvalue weighted by Crippen LogP contribution is 3.14. The summed E-state index contributed by atoms with van der Waals surface area (Å²) >= 11 is 0. The van der Waals surface area contributed by atoms with Crippen molar-refractivity contribution in [1.82, 2.24) is 0 Å². The van der Waals surface area contributed by atoms with E-state index in [1.807, 2.05) is 0 Å². The molecule has 12 atom stereocenters. The Labute approximate surface area is 175 Å². The number of rotatable bonds is 3. The Balaban J connectivity index is 1.15. The molecule has 0 N–H and O–H groups in total. The Morgan fingerprint density at radius 2 is 0.929 bits per heavy atom. The maximum atomic E-state index is 4.43. The first-order valence-electron chi connectivity index (χ1n) is 12.3. The third-order valence-corrected chi connectivity index (χ3v) is 33.6. The minimum atomic E-state index is -1.13. The molecule has 4 bridgehead atoms. The Hall–Kier alpha value is -0.129. The molecule has 9 fully saturated rings. The van der Waals surface area contributed by atoms with E-state index in [4.69, 9.17) is 0 Å². The molecular weight excluding hydrogens is 385 g/mol. The summed E-state index contributed by atoms with van der Waals surface area (Å²) in [6, 6.07) is 0. The summed E-state index contributed by atoms with van der Waals surface area (Å²) in [7, 11) is -3.31. The second-order valence-electron chi connectivity index (χ2n) is 12.6. The minimum absolute atomic E-state index is 0.771. The van der Waals surface area contributed by atoms with Gasteiger partial charge in [-0.1, -0.05) is 65.7 Å². The van der Waals surface area contributed by atoms with Crippen LogP contribution in [-0.4, -0.2) is 24.2 Å². The summed E-state index contributed by atoms with van der Waals surface area (Å²) in [4.78, 5) is 0. The van der Waals surface area contributed by atoms with Crippen LogP contribution in [-0.2, 0) is 0 Å². The molecule has 12 unspecified atom stereocenters. The van der Waals surface area contributed by atoms with Crippen LogP contribution >= 0.6 is 0 Å². The standard InChI is InChI=1S/C25H38Si3/c1-7-26-17-13-10-11-14-19-24(5)21(27(19,24)8-2)22-25(6)20(28(22,25)9-3)16-12-15-18(26)23(17,26)4/h7-9,17-22H,1-3,10-16H2,4-6H3. The molecule has 0 aromatic rings. The SMILES string of the molecule is C=C[Si]12C3CCCCC4C5(C)C(C6C7(C)C(CCCC1C32C)[Si]67C=C)[Si]45C=C. The van der Waals surface area contributed by atoms with Gasteiger partial charge in [0.05, 0.1) is 24.2 Å². The van der Waals surface area contributed by atoms with Crippen LogP contribution in [0, 0.1) is 0 Å². The van der Waals surface area contributed by atoms with E-state index in [1.165, 1.54) is 32.1 Å². The van der Waals surface area contributed by atoms with Crippen LogP contribution in [0.3, 0.4) is 0 Å². The van der Waals surface area contributed by atoms with Gasteiger partial charge in [0.15, 0.2) is 0 Å². The maximum Gasteiger partial charge on any atom is 0.0896 e. The topological polar surface area (TPSA) is 0 Å². The van der Waals surface area contributed by atoms with Gasteiger partial charge in [0.1, 0.15) is 0 Å². The summed E-state index contributed by atoms with van der Waals surface area (Å²) in [5, 5.41) is 2.33. The smallest absolute Gasteiger partial charge is 0.0896 e. The second kappa shape index (κ2) is 4.41. The molecular formula is C25H38Si3. The van der Waals surface area contributed by atoms with Crippen LogP contribution in [0.1, 0.15) is 65.7 Å². The summed E-state index contributed by atoms with van der Waals surface area (Å²) in [5.41, 5.74) is 14.4. The third kappa shape index (κ3) is 1.26. The number of hydrogen-bond acceptors (Lipinski definition) is 0. The third-order valence-electron chi connectivity index (χ3n) is 13.4. The van der Waals surface area contributed by atoms with Crippen LogP contribution in [0.2, 0.25) is 48.4 Å². The van der Waals surface area contributed by atoms with Gasteiger partial charge in [0.25, 0.3) is 0 Å². The molecule has 3 heteroatoms. The molecule has 0 nitrogen and oxygen atoms in total. The molecule has 0 radical (unpaired) electrons. The highest BCUT2D eigenvalue weighted by Gasteiger charge is 3.06. The minimum Gasteiger partial charge on any atom is -0.107 e. The van der Waals surface area contributed by atoms with Gasteiger partial charge in [-0.05, 0) is 48.4 Å². The van der Waals surface area contributed by atoms with E-state index in [2.05, 4.69) is 57.6 Å². The summed E-state index contributed by atoms with van der Waals surface area (Å²) in [6.45, 7) is 21.3. The monoisotopic (exact) mass is 422 g/mol. The van der Waals surface area contributed by atoms with Crippen LogP contribution in [0.5, 0.6) is 0 Å². The van der Waals surface area contributed by atoms with Crippen LogP contribution in [0.4, 0.5) is 0 Å². The van der Waals surface area contributed by atoms with Crippen LogP contribution in [0.15, 0.2) is 36.8 Å². The van der Waals surface area contributed by atoms with Crippen molar-refractivity contribution >= 4 is 24.2 Å². The normalized spacial score (nSPS) is 71.7. The van der Waals surface area contributed by atoms with Crippen molar-refractivity contribution in [1.29, 1.82) is 0 Å². The second-order valence-corrected chi connectivity index (χ2v) is 26.7. The van der Waals surface area contributed by atoms with Gasteiger partial charge in [-0.25, -0.2) is 0 Å². The lowest BCUT2D eigenvalue weighted by molar-refractivity contribution is 0.479. The van der Waals surface area contributed by atoms with E-state index in [0.29, 0.717) is 0 Å². The fourth-order valence-corrected chi connectivity index (χ4v) is 36.2. The molecule has 8 saturated heterocycles. The van der Waals surface area contributed by atoms with Gasteiger partial charge in [0, 0.05) is 0 Å². The van der Waals surface area contributed by atoms with E-state index in [9.17, 15) is 0 Å². The first-order chi connectivity index (χ1) is 13.4. The Kier molecular flexibility index (Phi) is 2.76. The molecule has 0 aromatic heterocycles. The molecule has 1 saturated carbocycles. The van der Waals surface area contributed by atoms with Gasteiger partial charge in [-0.3, -0.25) is 0 Å². The molecule has 150 valence electrons. The molecule has 0 aromatic carbocycles. The largest absolute Gasteiger partial charge is 0.107 e. The molecule has 8 heterocycles. The lowest BCUT2D eigenvalue weighted by Gasteiger charge is -2.29. The average Bonchev–Trinajstić information content (AvgIpc) is 3.63. The van der Waals surface area contributed by atoms with Gasteiger partial charge in [-0.15, -0.1) is 36.8 Å².